The summed E-state index contributed by atoms with van der Waals surface area (Å²) in [5.74, 6) is 1.72. The van der Waals surface area contributed by atoms with Crippen LogP contribution in [0.1, 0.15) is 13.3 Å². The van der Waals surface area contributed by atoms with Gasteiger partial charge in [-0.3, -0.25) is 0 Å². The van der Waals surface area contributed by atoms with Gasteiger partial charge in [0.1, 0.15) is 0 Å². The second-order valence-electron chi connectivity index (χ2n) is 5.05. The van der Waals surface area contributed by atoms with Crippen LogP contribution < -0.4 is 5.32 Å². The Kier molecular flexibility index (Phi) is 4.94. The summed E-state index contributed by atoms with van der Waals surface area (Å²) in [6.45, 7) is 5.00. The van der Waals surface area contributed by atoms with Crippen molar-refractivity contribution < 1.29 is 4.74 Å². The molecule has 2 heterocycles. The van der Waals surface area contributed by atoms with Crippen LogP contribution in [0.2, 0.25) is 0 Å². The zero-order chi connectivity index (χ0) is 13.8. The molecule has 0 bridgehead atoms. The molecule has 1 aromatic carbocycles. The van der Waals surface area contributed by atoms with Crippen LogP contribution in [-0.2, 0) is 4.74 Å². The molecule has 2 aromatic rings. The van der Waals surface area contributed by atoms with Crippen LogP contribution in [0.15, 0.2) is 28.6 Å². The van der Waals surface area contributed by atoms with Gasteiger partial charge in [-0.2, -0.15) is 0 Å². The lowest BCUT2D eigenvalue weighted by atomic mass is 10.0. The molecule has 1 aromatic heterocycles. The Morgan fingerprint density at radius 1 is 1.50 bits per heavy atom. The van der Waals surface area contributed by atoms with E-state index in [9.17, 15) is 0 Å². The second-order valence-corrected chi connectivity index (χ2v) is 7.34. The summed E-state index contributed by atoms with van der Waals surface area (Å²) in [5.41, 5.74) is 1.12. The summed E-state index contributed by atoms with van der Waals surface area (Å²) >= 11 is 3.66. The normalized spacial score (nSPS) is 20.6. The number of ether oxygens (including phenoxy) is 1. The molecule has 3 nitrogen and oxygen atoms in total. The molecule has 1 aliphatic rings. The molecule has 0 radical (unpaired) electrons. The van der Waals surface area contributed by atoms with E-state index in [1.807, 2.05) is 17.8 Å². The van der Waals surface area contributed by atoms with Gasteiger partial charge in [-0.05, 0) is 25.1 Å². The summed E-state index contributed by atoms with van der Waals surface area (Å²) < 4.78 is 7.97. The highest BCUT2D eigenvalue weighted by atomic mass is 32.2. The Morgan fingerprint density at radius 3 is 3.15 bits per heavy atom. The Hall–Kier alpha value is -0.620. The van der Waals surface area contributed by atoms with Gasteiger partial charge >= 0.3 is 0 Å². The molecular weight excluding hydrogens is 288 g/mol. The lowest BCUT2D eigenvalue weighted by Gasteiger charge is -2.22. The number of fused-ring (bicyclic) bond motifs is 1. The van der Waals surface area contributed by atoms with E-state index in [0.29, 0.717) is 12.0 Å². The maximum atomic E-state index is 5.52. The van der Waals surface area contributed by atoms with Crippen molar-refractivity contribution in [3.8, 4) is 0 Å². The van der Waals surface area contributed by atoms with Crippen molar-refractivity contribution in [3.05, 3.63) is 24.3 Å². The molecule has 2 atom stereocenters. The van der Waals surface area contributed by atoms with E-state index < -0.39 is 0 Å². The maximum Gasteiger partial charge on any atom is 0.151 e. The quantitative estimate of drug-likeness (QED) is 0.829. The predicted molar refractivity (Wildman–Crippen MR) is 86.7 cm³/mol. The minimum Gasteiger partial charge on any atom is -0.381 e. The maximum absolute atomic E-state index is 5.52. The number of benzene rings is 1. The number of hydrogen-bond acceptors (Lipinski definition) is 5. The van der Waals surface area contributed by atoms with Gasteiger partial charge in [-0.15, -0.1) is 11.3 Å². The van der Waals surface area contributed by atoms with Gasteiger partial charge < -0.3 is 10.1 Å². The predicted octanol–water partition coefficient (Wildman–Crippen LogP) is 3.40. The highest BCUT2D eigenvalue weighted by Gasteiger charge is 2.25. The highest BCUT2D eigenvalue weighted by Crippen LogP contribution is 2.31. The van der Waals surface area contributed by atoms with Crippen molar-refractivity contribution in [3.63, 3.8) is 0 Å². The van der Waals surface area contributed by atoms with Crippen LogP contribution in [-0.4, -0.2) is 36.5 Å². The van der Waals surface area contributed by atoms with Gasteiger partial charge in [0.25, 0.3) is 0 Å². The van der Waals surface area contributed by atoms with Gasteiger partial charge in [0.2, 0.25) is 0 Å². The van der Waals surface area contributed by atoms with Gasteiger partial charge in [0.15, 0.2) is 4.34 Å². The van der Waals surface area contributed by atoms with Crippen LogP contribution in [0.4, 0.5) is 0 Å². The van der Waals surface area contributed by atoms with Crippen molar-refractivity contribution in [2.75, 3.05) is 25.5 Å². The van der Waals surface area contributed by atoms with Gasteiger partial charge in [0, 0.05) is 24.3 Å². The van der Waals surface area contributed by atoms with Crippen LogP contribution in [0.5, 0.6) is 0 Å². The first-order valence-electron chi connectivity index (χ1n) is 7.16. The number of thioether (sulfide) groups is 1. The highest BCUT2D eigenvalue weighted by molar-refractivity contribution is 8.01. The molecule has 3 rings (SSSR count). The minimum atomic E-state index is 0.527. The van der Waals surface area contributed by atoms with Crippen LogP contribution in [0.25, 0.3) is 10.2 Å². The fourth-order valence-corrected chi connectivity index (χ4v) is 4.85. The van der Waals surface area contributed by atoms with Crippen molar-refractivity contribution in [1.82, 2.24) is 10.3 Å². The standard InChI is InChI=1S/C15H20N2OS2/c1-2-16-13(11-7-8-18-9-11)10-19-15-17-12-5-3-4-6-14(12)20-15/h3-6,11,13,16H,2,7-10H2,1H3. The number of para-hydroxylation sites is 1. The molecule has 5 heteroatoms. The molecule has 1 aliphatic heterocycles. The van der Waals surface area contributed by atoms with E-state index in [1.54, 1.807) is 11.3 Å². The third-order valence-corrected chi connectivity index (χ3v) is 5.96. The Bertz CT molecular complexity index is 519. The largest absolute Gasteiger partial charge is 0.381 e. The number of nitrogens with one attached hydrogen (secondary N) is 1. The first-order valence-corrected chi connectivity index (χ1v) is 8.96. The third-order valence-electron chi connectivity index (χ3n) is 3.66. The first kappa shape index (κ1) is 14.3. The minimum absolute atomic E-state index is 0.527. The van der Waals surface area contributed by atoms with Crippen LogP contribution in [0.3, 0.4) is 0 Å². The Morgan fingerprint density at radius 2 is 2.40 bits per heavy atom. The van der Waals surface area contributed by atoms with E-state index in [1.165, 1.54) is 15.5 Å². The zero-order valence-electron chi connectivity index (χ0n) is 11.7. The number of thiazole rings is 1. The molecule has 1 saturated heterocycles. The number of nitrogens with zero attached hydrogens (tertiary/aromatic N) is 1. The van der Waals surface area contributed by atoms with E-state index >= 15 is 0 Å². The molecule has 2 unspecified atom stereocenters. The average molecular weight is 308 g/mol. The summed E-state index contributed by atoms with van der Waals surface area (Å²) in [6, 6.07) is 8.88. The number of hydrogen-bond donors (Lipinski definition) is 1. The second kappa shape index (κ2) is 6.89. The number of rotatable bonds is 6. The smallest absolute Gasteiger partial charge is 0.151 e. The van der Waals surface area contributed by atoms with Crippen LogP contribution in [0, 0.1) is 5.92 Å². The van der Waals surface area contributed by atoms with Gasteiger partial charge in [0.05, 0.1) is 16.8 Å². The Labute approximate surface area is 128 Å². The molecule has 0 amide bonds. The molecule has 20 heavy (non-hydrogen) atoms. The van der Waals surface area contributed by atoms with Gasteiger partial charge in [-0.25, -0.2) is 4.98 Å². The molecule has 1 fully saturated rings. The summed E-state index contributed by atoms with van der Waals surface area (Å²) in [4.78, 5) is 4.69. The summed E-state index contributed by atoms with van der Waals surface area (Å²) in [6.07, 6.45) is 1.18. The van der Waals surface area contributed by atoms with Crippen molar-refractivity contribution >= 4 is 33.3 Å². The number of aromatic nitrogens is 1. The molecule has 0 aliphatic carbocycles. The SMILES string of the molecule is CCNC(CSc1nc2ccccc2s1)C1CCOC1. The van der Waals surface area contributed by atoms with Crippen molar-refractivity contribution in [2.45, 2.75) is 23.7 Å². The molecule has 0 saturated carbocycles. The van der Waals surface area contributed by atoms with E-state index in [2.05, 4.69) is 30.4 Å². The lowest BCUT2D eigenvalue weighted by molar-refractivity contribution is 0.179. The molecule has 108 valence electrons. The zero-order valence-corrected chi connectivity index (χ0v) is 13.3. The lowest BCUT2D eigenvalue weighted by Crippen LogP contribution is -2.38. The Balaban J connectivity index is 1.63. The fourth-order valence-electron chi connectivity index (χ4n) is 2.57. The van der Waals surface area contributed by atoms with E-state index in [4.69, 9.17) is 9.72 Å². The summed E-state index contributed by atoms with van der Waals surface area (Å²) in [5, 5.41) is 3.60. The third kappa shape index (κ3) is 3.34. The fraction of sp³-hybridized carbons (Fsp3) is 0.533. The van der Waals surface area contributed by atoms with E-state index in [-0.39, 0.29) is 0 Å². The van der Waals surface area contributed by atoms with Gasteiger partial charge in [-0.1, -0.05) is 30.8 Å². The van der Waals surface area contributed by atoms with Crippen LogP contribution >= 0.6 is 23.1 Å². The topological polar surface area (TPSA) is 34.2 Å². The molecular formula is C15H20N2OS2. The van der Waals surface area contributed by atoms with E-state index in [0.717, 1.165) is 31.0 Å². The first-order chi connectivity index (χ1) is 9.86. The van der Waals surface area contributed by atoms with Crippen molar-refractivity contribution in [2.24, 2.45) is 5.92 Å². The molecule has 0 spiro atoms. The monoisotopic (exact) mass is 308 g/mol. The average Bonchev–Trinajstić information content (AvgIpc) is 3.12. The summed E-state index contributed by atoms with van der Waals surface area (Å²) in [7, 11) is 0. The molecule has 1 N–H and O–H groups in total. The van der Waals surface area contributed by atoms with Crippen molar-refractivity contribution in [1.29, 1.82) is 0 Å².